The maximum atomic E-state index is 13.0. The van der Waals surface area contributed by atoms with Gasteiger partial charge in [0.05, 0.1) is 23.4 Å². The number of H-pyrrole nitrogens is 1. The SMILES string of the molecule is CCCc1nn(C)c2c(=O)[nH]c(-c3cc(CN4CCN(c5ncc(C(=O)NO)cn5)CC4)ccc3OCC)nc12. The molecule has 1 aromatic carbocycles. The summed E-state index contributed by atoms with van der Waals surface area (Å²) < 4.78 is 7.51. The number of hydrogen-bond acceptors (Lipinski definition) is 10. The van der Waals surface area contributed by atoms with Crippen LogP contribution in [0.4, 0.5) is 5.95 Å². The third kappa shape index (κ3) is 5.51. The molecule has 0 spiro atoms. The number of aryl methyl sites for hydroxylation is 2. The van der Waals surface area contributed by atoms with Gasteiger partial charge < -0.3 is 14.6 Å². The minimum absolute atomic E-state index is 0.191. The number of ether oxygens (including phenoxy) is 1. The highest BCUT2D eigenvalue weighted by atomic mass is 16.5. The summed E-state index contributed by atoms with van der Waals surface area (Å²) in [7, 11) is 1.76. The molecular weight excluding hydrogens is 514 g/mol. The fourth-order valence-corrected chi connectivity index (χ4v) is 4.95. The highest BCUT2D eigenvalue weighted by Crippen LogP contribution is 2.30. The van der Waals surface area contributed by atoms with Gasteiger partial charge in [0.25, 0.3) is 11.5 Å². The van der Waals surface area contributed by atoms with Crippen molar-refractivity contribution in [1.29, 1.82) is 0 Å². The topological polar surface area (TPSA) is 154 Å². The second-order valence-corrected chi connectivity index (χ2v) is 9.67. The molecule has 1 saturated heterocycles. The third-order valence-electron chi connectivity index (χ3n) is 6.91. The molecule has 5 rings (SSSR count). The first-order valence-electron chi connectivity index (χ1n) is 13.4. The Labute approximate surface area is 230 Å². The lowest BCUT2D eigenvalue weighted by molar-refractivity contribution is 0.0705. The number of nitrogens with zero attached hydrogens (tertiary/aromatic N) is 7. The van der Waals surface area contributed by atoms with E-state index < -0.39 is 5.91 Å². The molecule has 1 aliphatic rings. The molecule has 0 saturated carbocycles. The second-order valence-electron chi connectivity index (χ2n) is 9.67. The van der Waals surface area contributed by atoms with E-state index in [1.165, 1.54) is 12.4 Å². The number of aromatic amines is 1. The van der Waals surface area contributed by atoms with E-state index in [0.717, 1.165) is 55.8 Å². The summed E-state index contributed by atoms with van der Waals surface area (Å²) in [6.45, 7) is 8.24. The molecule has 210 valence electrons. The fourth-order valence-electron chi connectivity index (χ4n) is 4.95. The average molecular weight is 548 g/mol. The number of carbonyl (C=O) groups excluding carboxylic acids is 1. The number of hydroxylamine groups is 1. The lowest BCUT2D eigenvalue weighted by Gasteiger charge is -2.34. The van der Waals surface area contributed by atoms with Crippen molar-refractivity contribution in [3.63, 3.8) is 0 Å². The van der Waals surface area contributed by atoms with Crippen LogP contribution < -0.4 is 20.7 Å². The van der Waals surface area contributed by atoms with Crippen molar-refractivity contribution in [3.8, 4) is 17.1 Å². The van der Waals surface area contributed by atoms with Gasteiger partial charge in [-0.15, -0.1) is 0 Å². The number of fused-ring (bicyclic) bond motifs is 1. The van der Waals surface area contributed by atoms with E-state index in [9.17, 15) is 9.59 Å². The molecule has 0 unspecified atom stereocenters. The predicted octanol–water partition coefficient (Wildman–Crippen LogP) is 1.91. The minimum atomic E-state index is -0.646. The summed E-state index contributed by atoms with van der Waals surface area (Å²) in [5, 5.41) is 13.3. The maximum Gasteiger partial charge on any atom is 0.277 e. The van der Waals surface area contributed by atoms with E-state index in [1.54, 1.807) is 17.2 Å². The van der Waals surface area contributed by atoms with E-state index in [-0.39, 0.29) is 11.1 Å². The van der Waals surface area contributed by atoms with Gasteiger partial charge in [-0.1, -0.05) is 19.4 Å². The van der Waals surface area contributed by atoms with Crippen LogP contribution in [0.15, 0.2) is 35.4 Å². The first-order chi connectivity index (χ1) is 19.4. The molecule has 13 nitrogen and oxygen atoms in total. The Morgan fingerprint density at radius 1 is 1.15 bits per heavy atom. The quantitative estimate of drug-likeness (QED) is 0.209. The number of benzene rings is 1. The zero-order valence-corrected chi connectivity index (χ0v) is 22.8. The zero-order chi connectivity index (χ0) is 28.2. The van der Waals surface area contributed by atoms with Crippen molar-refractivity contribution in [2.75, 3.05) is 37.7 Å². The van der Waals surface area contributed by atoms with Gasteiger partial charge in [0.2, 0.25) is 5.95 Å². The number of carbonyl (C=O) groups is 1. The molecule has 0 radical (unpaired) electrons. The van der Waals surface area contributed by atoms with Gasteiger partial charge in [-0.05, 0) is 31.0 Å². The number of piperazine rings is 1. The predicted molar refractivity (Wildman–Crippen MR) is 149 cm³/mol. The highest BCUT2D eigenvalue weighted by Gasteiger charge is 2.21. The Balaban J connectivity index is 1.35. The Hall–Kier alpha value is -4.36. The first-order valence-corrected chi connectivity index (χ1v) is 13.4. The summed E-state index contributed by atoms with van der Waals surface area (Å²) in [5.41, 5.74) is 5.26. The van der Waals surface area contributed by atoms with Gasteiger partial charge >= 0.3 is 0 Å². The molecule has 3 N–H and O–H groups in total. The monoisotopic (exact) mass is 547 g/mol. The van der Waals surface area contributed by atoms with Crippen LogP contribution in [-0.4, -0.2) is 78.5 Å². The summed E-state index contributed by atoms with van der Waals surface area (Å²) in [6, 6.07) is 6.01. The van der Waals surface area contributed by atoms with E-state index in [1.807, 2.05) is 25.1 Å². The largest absolute Gasteiger partial charge is 0.493 e. The minimum Gasteiger partial charge on any atom is -0.493 e. The van der Waals surface area contributed by atoms with Crippen molar-refractivity contribution >= 4 is 22.9 Å². The van der Waals surface area contributed by atoms with Crippen LogP contribution in [-0.2, 0) is 20.0 Å². The maximum absolute atomic E-state index is 13.0. The van der Waals surface area contributed by atoms with E-state index in [0.29, 0.717) is 41.7 Å². The summed E-state index contributed by atoms with van der Waals surface area (Å²) in [4.78, 5) is 45.3. The van der Waals surface area contributed by atoms with Crippen LogP contribution in [0.3, 0.4) is 0 Å². The van der Waals surface area contributed by atoms with Gasteiger partial charge in [-0.25, -0.2) is 20.4 Å². The van der Waals surface area contributed by atoms with E-state index >= 15 is 0 Å². The van der Waals surface area contributed by atoms with Gasteiger partial charge in [0, 0.05) is 52.2 Å². The molecule has 4 heterocycles. The molecule has 1 fully saturated rings. The Kier molecular flexibility index (Phi) is 8.03. The van der Waals surface area contributed by atoms with Gasteiger partial charge in [0.1, 0.15) is 17.1 Å². The molecule has 1 aliphatic heterocycles. The molecule has 13 heteroatoms. The Bertz CT molecular complexity index is 1560. The van der Waals surface area contributed by atoms with E-state index in [2.05, 4.69) is 36.8 Å². The summed E-state index contributed by atoms with van der Waals surface area (Å²) in [5.74, 6) is 1.02. The molecule has 0 bridgehead atoms. The number of hydrogen-bond donors (Lipinski definition) is 3. The number of nitrogens with one attached hydrogen (secondary N) is 2. The molecule has 1 amide bonds. The van der Waals surface area contributed by atoms with Crippen LogP contribution in [0.25, 0.3) is 22.4 Å². The van der Waals surface area contributed by atoms with E-state index in [4.69, 9.17) is 14.9 Å². The third-order valence-corrected chi connectivity index (χ3v) is 6.91. The van der Waals surface area contributed by atoms with Crippen LogP contribution in [0.1, 0.15) is 41.9 Å². The van der Waals surface area contributed by atoms with Crippen LogP contribution in [0.5, 0.6) is 5.75 Å². The van der Waals surface area contributed by atoms with Crippen molar-refractivity contribution < 1.29 is 14.7 Å². The Morgan fingerprint density at radius 3 is 2.58 bits per heavy atom. The number of anilines is 1. The van der Waals surface area contributed by atoms with Gasteiger partial charge in [0.15, 0.2) is 5.52 Å². The molecule has 3 aromatic heterocycles. The van der Waals surface area contributed by atoms with Gasteiger partial charge in [-0.3, -0.25) is 24.4 Å². The summed E-state index contributed by atoms with van der Waals surface area (Å²) >= 11 is 0. The van der Waals surface area contributed by atoms with Gasteiger partial charge in [-0.2, -0.15) is 5.10 Å². The number of rotatable bonds is 9. The lowest BCUT2D eigenvalue weighted by Crippen LogP contribution is -2.46. The molecule has 0 aliphatic carbocycles. The van der Waals surface area contributed by atoms with Crippen LogP contribution >= 0.6 is 0 Å². The van der Waals surface area contributed by atoms with Crippen LogP contribution in [0.2, 0.25) is 0 Å². The molecule has 4 aromatic rings. The van der Waals surface area contributed by atoms with Crippen molar-refractivity contribution in [3.05, 3.63) is 57.8 Å². The first kappa shape index (κ1) is 27.2. The fraction of sp³-hybridized carbons (Fsp3) is 0.407. The molecular formula is C27H33N9O4. The molecule has 0 atom stereocenters. The second kappa shape index (κ2) is 11.8. The highest BCUT2D eigenvalue weighted by molar-refractivity contribution is 5.92. The summed E-state index contributed by atoms with van der Waals surface area (Å²) in [6.07, 6.45) is 4.44. The Morgan fingerprint density at radius 2 is 1.90 bits per heavy atom. The molecule has 40 heavy (non-hydrogen) atoms. The van der Waals surface area contributed by atoms with Crippen LogP contribution in [0, 0.1) is 0 Å². The average Bonchev–Trinajstić information content (AvgIpc) is 3.29. The zero-order valence-electron chi connectivity index (χ0n) is 22.8. The van der Waals surface area contributed by atoms with Crippen molar-refractivity contribution in [1.82, 2.24) is 40.1 Å². The lowest BCUT2D eigenvalue weighted by atomic mass is 10.1. The van der Waals surface area contributed by atoms with Crippen molar-refractivity contribution in [2.45, 2.75) is 33.2 Å². The number of aromatic nitrogens is 6. The van der Waals surface area contributed by atoms with Crippen molar-refractivity contribution in [2.24, 2.45) is 7.05 Å². The standard InChI is InChI=1S/C27H33N9O4/c1-4-6-20-22-23(34(3)32-20)26(38)31-24(30-22)19-13-17(7-8-21(19)40-5-2)16-35-9-11-36(12-10-35)27-28-14-18(15-29-27)25(37)33-39/h7-8,13-15,39H,4-6,9-12,16H2,1-3H3,(H,33,37)(H,30,31,38). The smallest absolute Gasteiger partial charge is 0.277 e. The number of amides is 1. The normalized spacial score (nSPS) is 14.1.